The fraction of sp³-hybridized carbons (Fsp3) is 0.556. The highest BCUT2D eigenvalue weighted by Gasteiger charge is 2.52. The van der Waals surface area contributed by atoms with E-state index in [-0.39, 0.29) is 18.6 Å². The van der Waals surface area contributed by atoms with Crippen LogP contribution in [-0.2, 0) is 9.59 Å². The molecular weight excluding hydrogens is 356 g/mol. The van der Waals surface area contributed by atoms with Gasteiger partial charge in [0.1, 0.15) is 11.2 Å². The summed E-state index contributed by atoms with van der Waals surface area (Å²) in [7, 11) is 0. The standard InChI is InChI=1S/C17H22N2O5.CH2O2/c1-10-6-12(15(21)22)7-14(18-10)19-5-4-13(20)17(9-19,16(23)24)8-11-2-3-11;2-1-3/h6-7,11,13,20H,2-5,8-9H2,1H3,(H,21,22)(H,23,24);1H,(H,2,3)/t13-,17+;/m1./s1. The first-order valence-electron chi connectivity index (χ1n) is 8.69. The molecule has 1 saturated heterocycles. The summed E-state index contributed by atoms with van der Waals surface area (Å²) in [5.41, 5.74) is -0.514. The third-order valence-electron chi connectivity index (χ3n) is 5.07. The Morgan fingerprint density at radius 2 is 1.93 bits per heavy atom. The number of carboxylic acids is 2. The van der Waals surface area contributed by atoms with Crippen molar-refractivity contribution in [1.82, 2.24) is 4.98 Å². The first kappa shape index (κ1) is 20.6. The molecule has 1 aromatic heterocycles. The van der Waals surface area contributed by atoms with Gasteiger partial charge >= 0.3 is 11.9 Å². The van der Waals surface area contributed by atoms with E-state index in [1.807, 2.05) is 0 Å². The fourth-order valence-electron chi connectivity index (χ4n) is 3.55. The van der Waals surface area contributed by atoms with Crippen molar-refractivity contribution in [2.75, 3.05) is 18.0 Å². The van der Waals surface area contributed by atoms with E-state index in [0.717, 1.165) is 12.8 Å². The molecule has 1 aliphatic carbocycles. The topological polar surface area (TPSA) is 148 Å². The van der Waals surface area contributed by atoms with E-state index >= 15 is 0 Å². The van der Waals surface area contributed by atoms with Crippen LogP contribution in [0.2, 0.25) is 0 Å². The van der Waals surface area contributed by atoms with E-state index < -0.39 is 23.5 Å². The Bertz CT molecular complexity index is 720. The van der Waals surface area contributed by atoms with Crippen LogP contribution >= 0.6 is 0 Å². The average molecular weight is 380 g/mol. The molecule has 1 aromatic rings. The molecule has 0 spiro atoms. The Morgan fingerprint density at radius 1 is 1.30 bits per heavy atom. The summed E-state index contributed by atoms with van der Waals surface area (Å²) in [6.07, 6.45) is 1.91. The molecule has 2 aliphatic rings. The lowest BCUT2D eigenvalue weighted by Gasteiger charge is -2.44. The van der Waals surface area contributed by atoms with Gasteiger partial charge in [-0.05, 0) is 37.8 Å². The largest absolute Gasteiger partial charge is 0.483 e. The van der Waals surface area contributed by atoms with Crippen molar-refractivity contribution >= 4 is 24.2 Å². The van der Waals surface area contributed by atoms with Gasteiger partial charge in [-0.3, -0.25) is 9.59 Å². The van der Waals surface area contributed by atoms with Gasteiger partial charge in [0.25, 0.3) is 6.47 Å². The predicted octanol–water partition coefficient (Wildman–Crippen LogP) is 1.23. The van der Waals surface area contributed by atoms with Gasteiger partial charge in [0.15, 0.2) is 0 Å². The molecule has 0 unspecified atom stereocenters. The third-order valence-corrected chi connectivity index (χ3v) is 5.07. The summed E-state index contributed by atoms with van der Waals surface area (Å²) < 4.78 is 0. The number of aryl methyl sites for hydroxylation is 1. The minimum absolute atomic E-state index is 0.131. The smallest absolute Gasteiger partial charge is 0.335 e. The number of aromatic nitrogens is 1. The average Bonchev–Trinajstić information content (AvgIpc) is 3.40. The van der Waals surface area contributed by atoms with Crippen LogP contribution in [0.1, 0.15) is 41.7 Å². The number of pyridine rings is 1. The highest BCUT2D eigenvalue weighted by molar-refractivity contribution is 5.88. The number of rotatable bonds is 5. The maximum Gasteiger partial charge on any atom is 0.335 e. The molecule has 0 bridgehead atoms. The molecule has 2 heterocycles. The van der Waals surface area contributed by atoms with Gasteiger partial charge in [0, 0.05) is 18.8 Å². The zero-order valence-corrected chi connectivity index (χ0v) is 15.0. The Hall–Kier alpha value is -2.68. The summed E-state index contributed by atoms with van der Waals surface area (Å²) in [5, 5.41) is 36.3. The first-order chi connectivity index (χ1) is 12.7. The predicted molar refractivity (Wildman–Crippen MR) is 94.9 cm³/mol. The summed E-state index contributed by atoms with van der Waals surface area (Å²) in [6.45, 7) is 2.06. The van der Waals surface area contributed by atoms with Crippen LogP contribution < -0.4 is 4.90 Å². The van der Waals surface area contributed by atoms with E-state index in [9.17, 15) is 24.9 Å². The molecule has 0 amide bonds. The number of anilines is 1. The molecule has 9 nitrogen and oxygen atoms in total. The number of aliphatic carboxylic acids is 1. The summed E-state index contributed by atoms with van der Waals surface area (Å²) in [5.74, 6) is -1.21. The maximum atomic E-state index is 12.0. The Labute approximate surface area is 156 Å². The number of carboxylic acid groups (broad SMARTS) is 3. The summed E-state index contributed by atoms with van der Waals surface area (Å²) in [4.78, 5) is 37.7. The van der Waals surface area contributed by atoms with E-state index in [0.29, 0.717) is 36.8 Å². The van der Waals surface area contributed by atoms with Gasteiger partial charge in [-0.15, -0.1) is 0 Å². The van der Waals surface area contributed by atoms with Crippen molar-refractivity contribution in [3.05, 3.63) is 23.4 Å². The van der Waals surface area contributed by atoms with Crippen molar-refractivity contribution in [3.8, 4) is 0 Å². The summed E-state index contributed by atoms with van der Waals surface area (Å²) in [6, 6.07) is 2.95. The Kier molecular flexibility index (Phi) is 6.37. The van der Waals surface area contributed by atoms with E-state index in [1.165, 1.54) is 12.1 Å². The van der Waals surface area contributed by atoms with E-state index in [4.69, 9.17) is 9.90 Å². The minimum Gasteiger partial charge on any atom is -0.483 e. The normalized spacial score (nSPS) is 24.5. The molecule has 1 saturated carbocycles. The maximum absolute atomic E-state index is 12.0. The highest BCUT2D eigenvalue weighted by Crippen LogP contribution is 2.45. The minimum atomic E-state index is -1.21. The molecule has 2 fully saturated rings. The number of carbonyl (C=O) groups is 3. The molecule has 148 valence electrons. The first-order valence-corrected chi connectivity index (χ1v) is 8.69. The second-order valence-corrected chi connectivity index (χ2v) is 7.10. The number of aliphatic hydroxyl groups excluding tert-OH is 1. The Balaban J connectivity index is 0.000000817. The lowest BCUT2D eigenvalue weighted by molar-refractivity contribution is -0.158. The van der Waals surface area contributed by atoms with Crippen LogP contribution in [0.3, 0.4) is 0 Å². The molecule has 27 heavy (non-hydrogen) atoms. The lowest BCUT2D eigenvalue weighted by atomic mass is 9.73. The number of hydrogen-bond acceptors (Lipinski definition) is 6. The SMILES string of the molecule is Cc1cc(C(=O)O)cc(N2CC[C@@H](O)[C@@](CC3CC3)(C(=O)O)C2)n1.O=CO. The second-order valence-electron chi connectivity index (χ2n) is 7.10. The number of nitrogens with zero attached hydrogens (tertiary/aromatic N) is 2. The van der Waals surface area contributed by atoms with Gasteiger partial charge in [0.2, 0.25) is 0 Å². The van der Waals surface area contributed by atoms with Crippen molar-refractivity contribution in [3.63, 3.8) is 0 Å². The molecule has 0 aromatic carbocycles. The molecule has 0 radical (unpaired) electrons. The van der Waals surface area contributed by atoms with Crippen LogP contribution in [0.15, 0.2) is 12.1 Å². The van der Waals surface area contributed by atoms with Crippen molar-refractivity contribution in [2.45, 2.75) is 38.7 Å². The van der Waals surface area contributed by atoms with Gasteiger partial charge in [-0.1, -0.05) is 12.8 Å². The zero-order valence-electron chi connectivity index (χ0n) is 15.0. The Morgan fingerprint density at radius 3 is 2.44 bits per heavy atom. The van der Waals surface area contributed by atoms with Gasteiger partial charge in [0.05, 0.1) is 11.7 Å². The van der Waals surface area contributed by atoms with E-state index in [1.54, 1.807) is 11.8 Å². The third kappa shape index (κ3) is 4.73. The molecule has 2 atom stereocenters. The fourth-order valence-corrected chi connectivity index (χ4v) is 3.55. The van der Waals surface area contributed by atoms with Gasteiger partial charge in [-0.25, -0.2) is 9.78 Å². The van der Waals surface area contributed by atoms with E-state index in [2.05, 4.69) is 4.98 Å². The van der Waals surface area contributed by atoms with Crippen LogP contribution in [0.25, 0.3) is 0 Å². The van der Waals surface area contributed by atoms with Crippen LogP contribution in [-0.4, -0.2) is 63.0 Å². The van der Waals surface area contributed by atoms with Crippen LogP contribution in [0.4, 0.5) is 5.82 Å². The number of aromatic carboxylic acids is 1. The lowest BCUT2D eigenvalue weighted by Crippen LogP contribution is -2.56. The van der Waals surface area contributed by atoms with Crippen molar-refractivity contribution in [1.29, 1.82) is 0 Å². The number of aliphatic hydroxyl groups is 1. The zero-order chi connectivity index (χ0) is 20.2. The second kappa shape index (κ2) is 8.34. The quantitative estimate of drug-likeness (QED) is 0.553. The molecule has 4 N–H and O–H groups in total. The molecule has 9 heteroatoms. The van der Waals surface area contributed by atoms with Gasteiger partial charge < -0.3 is 25.3 Å². The van der Waals surface area contributed by atoms with Crippen LogP contribution in [0.5, 0.6) is 0 Å². The van der Waals surface area contributed by atoms with Crippen LogP contribution in [0, 0.1) is 18.3 Å². The van der Waals surface area contributed by atoms with Crippen molar-refractivity contribution < 1.29 is 34.8 Å². The van der Waals surface area contributed by atoms with Gasteiger partial charge in [-0.2, -0.15) is 0 Å². The highest BCUT2D eigenvalue weighted by atomic mass is 16.4. The summed E-state index contributed by atoms with van der Waals surface area (Å²) >= 11 is 0. The van der Waals surface area contributed by atoms with Crippen molar-refractivity contribution in [2.24, 2.45) is 11.3 Å². The number of piperidine rings is 1. The molecule has 1 aliphatic heterocycles. The molecular formula is C18H24N2O7. The molecule has 3 rings (SSSR count). The monoisotopic (exact) mass is 380 g/mol. The number of hydrogen-bond donors (Lipinski definition) is 4.